The molecule has 0 bridgehead atoms. The summed E-state index contributed by atoms with van der Waals surface area (Å²) in [6.07, 6.45) is 0. The molecule has 0 heterocycles. The van der Waals surface area contributed by atoms with Gasteiger partial charge in [-0.2, -0.15) is 0 Å². The van der Waals surface area contributed by atoms with Gasteiger partial charge in [-0.15, -0.1) is 0 Å². The van der Waals surface area contributed by atoms with Gasteiger partial charge in [-0.1, -0.05) is 0 Å². The summed E-state index contributed by atoms with van der Waals surface area (Å²) in [6.45, 7) is 0. The molecule has 0 aliphatic heterocycles. The van der Waals surface area contributed by atoms with Gasteiger partial charge < -0.3 is 21.9 Å². The van der Waals surface area contributed by atoms with Crippen molar-refractivity contribution in [3.05, 3.63) is 0 Å². The van der Waals surface area contributed by atoms with Gasteiger partial charge in [0.15, 0.2) is 0 Å². The van der Waals surface area contributed by atoms with E-state index in [4.69, 9.17) is 0 Å². The van der Waals surface area contributed by atoms with Crippen molar-refractivity contribution in [3.63, 3.8) is 0 Å². The molecule has 8 heteroatoms. The molecular formula is CaFeMgMnO4. The maximum Gasteiger partial charge on any atom is 2.00 e. The van der Waals surface area contributed by atoms with Gasteiger partial charge >= 0.3 is 94.9 Å². The van der Waals surface area contributed by atoms with Crippen molar-refractivity contribution in [1.29, 1.82) is 0 Å². The molecule has 1 radical (unpaired) electrons. The molecule has 0 N–H and O–H groups in total. The predicted octanol–water partition coefficient (Wildman–Crippen LogP) is -1.24. The fraction of sp³-hybridized carbons (Fsp3) is 0. The molecule has 43 valence electrons. The summed E-state index contributed by atoms with van der Waals surface area (Å²) in [4.78, 5) is 0. The molecular weight excluding hydrogens is 239 g/mol. The van der Waals surface area contributed by atoms with Gasteiger partial charge in [0.05, 0.1) is 0 Å². The zero-order chi connectivity index (χ0) is 0. The van der Waals surface area contributed by atoms with E-state index in [1.165, 1.54) is 0 Å². The first-order valence-corrected chi connectivity index (χ1v) is 0. The summed E-state index contributed by atoms with van der Waals surface area (Å²) in [7, 11) is 0. The molecule has 0 aromatic heterocycles. The van der Waals surface area contributed by atoms with Crippen LogP contribution in [0.15, 0.2) is 0 Å². The van der Waals surface area contributed by atoms with Gasteiger partial charge in [0.25, 0.3) is 0 Å². The molecule has 0 amide bonds. The zero-order valence-electron chi connectivity index (χ0n) is 3.78. The van der Waals surface area contributed by atoms with Gasteiger partial charge in [-0.3, -0.25) is 0 Å². The van der Waals surface area contributed by atoms with Crippen molar-refractivity contribution in [3.8, 4) is 0 Å². The van der Waals surface area contributed by atoms with Crippen LogP contribution in [0.5, 0.6) is 0 Å². The average molecular weight is 239 g/mol. The third-order valence-electron chi connectivity index (χ3n) is 0. The van der Waals surface area contributed by atoms with E-state index in [0.29, 0.717) is 0 Å². The van der Waals surface area contributed by atoms with Crippen LogP contribution in [0.25, 0.3) is 0 Å². The van der Waals surface area contributed by atoms with Crippen molar-refractivity contribution < 1.29 is 56.0 Å². The Labute approximate surface area is 115 Å². The molecule has 0 rings (SSSR count). The van der Waals surface area contributed by atoms with E-state index in [-0.39, 0.29) is 117 Å². The van der Waals surface area contributed by atoms with Crippen LogP contribution in [0.2, 0.25) is 0 Å². The van der Waals surface area contributed by atoms with Crippen LogP contribution in [-0.4, -0.2) is 60.8 Å². The molecule has 0 spiro atoms. The molecule has 8 heavy (non-hydrogen) atoms. The summed E-state index contributed by atoms with van der Waals surface area (Å²) in [6, 6.07) is 0. The number of rotatable bonds is 0. The molecule has 0 saturated carbocycles. The molecule has 0 aromatic rings. The van der Waals surface area contributed by atoms with Crippen LogP contribution in [0, 0.1) is 0 Å². The van der Waals surface area contributed by atoms with E-state index in [0.717, 1.165) is 0 Å². The second-order valence-electron chi connectivity index (χ2n) is 0. The van der Waals surface area contributed by atoms with Gasteiger partial charge in [-0.25, -0.2) is 0 Å². The Morgan fingerprint density at radius 1 is 0.625 bits per heavy atom. The Morgan fingerprint density at radius 2 is 0.625 bits per heavy atom. The summed E-state index contributed by atoms with van der Waals surface area (Å²) in [5.41, 5.74) is 0. The van der Waals surface area contributed by atoms with Crippen LogP contribution < -0.4 is 0 Å². The standard InChI is InChI=1S/Ca.Fe.Mg.Mn.4O/q4*+2;4*-2. The van der Waals surface area contributed by atoms with Crippen molar-refractivity contribution in [2.75, 3.05) is 0 Å². The van der Waals surface area contributed by atoms with Gasteiger partial charge in [-0.05, 0) is 0 Å². The van der Waals surface area contributed by atoms with E-state index in [2.05, 4.69) is 0 Å². The molecule has 0 saturated heterocycles. The van der Waals surface area contributed by atoms with Gasteiger partial charge in [0.1, 0.15) is 0 Å². The van der Waals surface area contributed by atoms with Crippen molar-refractivity contribution in [2.45, 2.75) is 0 Å². The SMILES string of the molecule is [Ca+2].[Fe+2].[Mg+2].[Mn+2].[O-2].[O-2].[O-2].[O-2]. The van der Waals surface area contributed by atoms with Crippen LogP contribution >= 0.6 is 0 Å². The van der Waals surface area contributed by atoms with Crippen molar-refractivity contribution >= 4 is 60.8 Å². The zero-order valence-corrected chi connectivity index (χ0v) is 9.69. The van der Waals surface area contributed by atoms with E-state index in [1.807, 2.05) is 0 Å². The first-order valence-electron chi connectivity index (χ1n) is 0. The third kappa shape index (κ3) is 65.9. The summed E-state index contributed by atoms with van der Waals surface area (Å²) < 4.78 is 0. The largest absolute Gasteiger partial charge is 2.00 e. The Morgan fingerprint density at radius 3 is 0.625 bits per heavy atom. The molecule has 0 aromatic carbocycles. The monoisotopic (exact) mass is 239 g/mol. The van der Waals surface area contributed by atoms with Crippen LogP contribution in [0.4, 0.5) is 0 Å². The molecule has 0 fully saturated rings. The average Bonchev–Trinajstić information content (AvgIpc) is 0. The first-order chi connectivity index (χ1) is 0. The predicted molar refractivity (Wildman–Crippen MR) is 14.3 cm³/mol. The fourth-order valence-corrected chi connectivity index (χ4v) is 0. The Hall–Kier alpha value is 2.90. The summed E-state index contributed by atoms with van der Waals surface area (Å²) >= 11 is 0. The molecule has 0 atom stereocenters. The quantitative estimate of drug-likeness (QED) is 0.470. The van der Waals surface area contributed by atoms with Crippen LogP contribution in [0.1, 0.15) is 0 Å². The molecule has 0 unspecified atom stereocenters. The van der Waals surface area contributed by atoms with Crippen LogP contribution in [0.3, 0.4) is 0 Å². The fourth-order valence-electron chi connectivity index (χ4n) is 0. The molecule has 4 nitrogen and oxygen atoms in total. The molecule has 0 aliphatic carbocycles. The number of hydrogen-bond acceptors (Lipinski definition) is 0. The smallest absolute Gasteiger partial charge is 2.00 e. The number of hydrogen-bond donors (Lipinski definition) is 0. The minimum Gasteiger partial charge on any atom is -2.00 e. The summed E-state index contributed by atoms with van der Waals surface area (Å²) in [5, 5.41) is 0. The van der Waals surface area contributed by atoms with Gasteiger partial charge in [0.2, 0.25) is 0 Å². The second-order valence-corrected chi connectivity index (χ2v) is 0. The van der Waals surface area contributed by atoms with Crippen molar-refractivity contribution in [1.82, 2.24) is 0 Å². The second kappa shape index (κ2) is 93.1. The Balaban J connectivity index is 0. The Bertz CT molecular complexity index is 16.0. The van der Waals surface area contributed by atoms with E-state index < -0.39 is 0 Å². The van der Waals surface area contributed by atoms with Crippen molar-refractivity contribution in [2.24, 2.45) is 0 Å². The Kier molecular flexibility index (Phi) is 1480. The summed E-state index contributed by atoms with van der Waals surface area (Å²) in [5.74, 6) is 0. The minimum absolute atomic E-state index is 0. The third-order valence-corrected chi connectivity index (χ3v) is 0. The van der Waals surface area contributed by atoms with E-state index in [1.54, 1.807) is 0 Å². The first kappa shape index (κ1) is 127. The normalized spacial score (nSPS) is 0. The minimum atomic E-state index is 0. The van der Waals surface area contributed by atoms with Gasteiger partial charge in [0, 0.05) is 0 Å². The van der Waals surface area contributed by atoms with E-state index >= 15 is 0 Å². The maximum atomic E-state index is 0. The van der Waals surface area contributed by atoms with E-state index in [9.17, 15) is 0 Å². The maximum absolute atomic E-state index is 0. The van der Waals surface area contributed by atoms with Crippen LogP contribution in [-0.2, 0) is 56.0 Å². The molecule has 0 aliphatic rings. The topological polar surface area (TPSA) is 114 Å².